The van der Waals surface area contributed by atoms with Gasteiger partial charge in [-0.2, -0.15) is 0 Å². The smallest absolute Gasteiger partial charge is 0.159 e. The van der Waals surface area contributed by atoms with Crippen molar-refractivity contribution in [2.75, 3.05) is 0 Å². The SMILES string of the molecule is C=N\C=C/C=C(\C=C\C)c1cccc2oc3c(-n4c5ccccc5c5ccccc54)cccc3c12. The summed E-state index contributed by atoms with van der Waals surface area (Å²) in [7, 11) is 0. The highest BCUT2D eigenvalue weighted by Gasteiger charge is 2.18. The van der Waals surface area contributed by atoms with Gasteiger partial charge in [0, 0.05) is 27.7 Å². The number of nitrogens with zero attached hydrogens (tertiary/aromatic N) is 2. The van der Waals surface area contributed by atoms with E-state index in [1.807, 2.05) is 31.2 Å². The van der Waals surface area contributed by atoms with Crippen LogP contribution in [0.3, 0.4) is 0 Å². The summed E-state index contributed by atoms with van der Waals surface area (Å²) in [5.74, 6) is 0. The fourth-order valence-corrected chi connectivity index (χ4v) is 5.05. The zero-order valence-corrected chi connectivity index (χ0v) is 19.5. The molecule has 0 atom stereocenters. The lowest BCUT2D eigenvalue weighted by molar-refractivity contribution is 0.666. The molecule has 6 rings (SSSR count). The monoisotopic (exact) mass is 452 g/mol. The number of hydrogen-bond donors (Lipinski definition) is 0. The Hall–Kier alpha value is -4.63. The molecule has 4 aromatic carbocycles. The molecule has 6 aromatic rings. The number of allylic oxidation sites excluding steroid dienone is 5. The summed E-state index contributed by atoms with van der Waals surface area (Å²) < 4.78 is 8.90. The van der Waals surface area contributed by atoms with Crippen molar-refractivity contribution in [3.05, 3.63) is 121 Å². The van der Waals surface area contributed by atoms with Crippen LogP contribution in [0.15, 0.2) is 125 Å². The number of hydrogen-bond acceptors (Lipinski definition) is 2. The van der Waals surface area contributed by atoms with E-state index in [0.717, 1.165) is 38.8 Å². The van der Waals surface area contributed by atoms with Crippen molar-refractivity contribution in [1.29, 1.82) is 0 Å². The van der Waals surface area contributed by atoms with Gasteiger partial charge in [0.15, 0.2) is 5.58 Å². The second-order valence-corrected chi connectivity index (χ2v) is 8.45. The summed E-state index contributed by atoms with van der Waals surface area (Å²) in [6.07, 6.45) is 9.81. The molecule has 168 valence electrons. The lowest BCUT2D eigenvalue weighted by Crippen LogP contribution is -1.94. The molecule has 0 amide bonds. The molecule has 0 aliphatic rings. The number of fused-ring (bicyclic) bond motifs is 6. The van der Waals surface area contributed by atoms with Gasteiger partial charge in [-0.15, -0.1) is 0 Å². The van der Waals surface area contributed by atoms with Crippen LogP contribution in [0.1, 0.15) is 12.5 Å². The van der Waals surface area contributed by atoms with Gasteiger partial charge in [0.25, 0.3) is 0 Å². The minimum Gasteiger partial charge on any atom is -0.454 e. The predicted octanol–water partition coefficient (Wildman–Crippen LogP) is 8.86. The van der Waals surface area contributed by atoms with Crippen LogP contribution in [0.25, 0.3) is 55.0 Å². The Morgan fingerprint density at radius 3 is 2.23 bits per heavy atom. The van der Waals surface area contributed by atoms with Gasteiger partial charge in [0.05, 0.1) is 16.7 Å². The number of furan rings is 1. The minimum absolute atomic E-state index is 0.868. The summed E-state index contributed by atoms with van der Waals surface area (Å²) in [4.78, 5) is 3.83. The molecule has 0 fully saturated rings. The lowest BCUT2D eigenvalue weighted by atomic mass is 9.98. The molecule has 0 unspecified atom stereocenters. The van der Waals surface area contributed by atoms with Crippen LogP contribution in [-0.4, -0.2) is 11.3 Å². The predicted molar refractivity (Wildman–Crippen MR) is 150 cm³/mol. The van der Waals surface area contributed by atoms with Crippen LogP contribution in [0.5, 0.6) is 0 Å². The first-order chi connectivity index (χ1) is 17.3. The number of benzene rings is 4. The van der Waals surface area contributed by atoms with Gasteiger partial charge in [-0.25, -0.2) is 0 Å². The quantitative estimate of drug-likeness (QED) is 0.190. The van der Waals surface area contributed by atoms with Crippen LogP contribution in [0.4, 0.5) is 0 Å². The van der Waals surface area contributed by atoms with Crippen molar-refractivity contribution in [2.45, 2.75) is 6.92 Å². The van der Waals surface area contributed by atoms with Crippen molar-refractivity contribution in [2.24, 2.45) is 4.99 Å². The minimum atomic E-state index is 0.868. The highest BCUT2D eigenvalue weighted by Crippen LogP contribution is 2.40. The van der Waals surface area contributed by atoms with Gasteiger partial charge in [-0.3, -0.25) is 4.99 Å². The summed E-state index contributed by atoms with van der Waals surface area (Å²) in [5.41, 5.74) is 7.32. The van der Waals surface area contributed by atoms with Crippen LogP contribution in [-0.2, 0) is 0 Å². The third-order valence-electron chi connectivity index (χ3n) is 6.45. The van der Waals surface area contributed by atoms with E-state index in [0.29, 0.717) is 0 Å². The van der Waals surface area contributed by atoms with Crippen molar-refractivity contribution < 1.29 is 4.42 Å². The molecule has 0 spiro atoms. The van der Waals surface area contributed by atoms with E-state index >= 15 is 0 Å². The van der Waals surface area contributed by atoms with E-state index in [2.05, 4.69) is 101 Å². The van der Waals surface area contributed by atoms with Crippen molar-refractivity contribution in [1.82, 2.24) is 4.57 Å². The number of para-hydroxylation sites is 3. The summed E-state index contributed by atoms with van der Waals surface area (Å²) >= 11 is 0. The van der Waals surface area contributed by atoms with Crippen molar-refractivity contribution in [3.8, 4) is 5.69 Å². The molecule has 0 saturated heterocycles. The Morgan fingerprint density at radius 2 is 1.51 bits per heavy atom. The molecular formula is C32H24N2O. The first-order valence-electron chi connectivity index (χ1n) is 11.7. The summed E-state index contributed by atoms with van der Waals surface area (Å²) in [6.45, 7) is 5.56. The molecule has 0 aliphatic carbocycles. The molecule has 2 heterocycles. The second kappa shape index (κ2) is 8.62. The average Bonchev–Trinajstić information content (AvgIpc) is 3.44. The van der Waals surface area contributed by atoms with Crippen molar-refractivity contribution >= 4 is 56.0 Å². The topological polar surface area (TPSA) is 30.4 Å². The standard InChI is InChI=1S/C32H24N2O/c1-3-11-22(12-10-21-33-2)23-15-9-20-30-31(23)26-16-8-19-29(32(26)35-30)34-27-17-6-4-13-24(27)25-14-5-7-18-28(25)34/h3-21H,2H2,1H3/b11-3+,21-10-,22-12+. The average molecular weight is 453 g/mol. The van der Waals surface area contributed by atoms with Crippen LogP contribution in [0, 0.1) is 0 Å². The summed E-state index contributed by atoms with van der Waals surface area (Å²) in [5, 5.41) is 4.67. The van der Waals surface area contributed by atoms with Gasteiger partial charge in [0.2, 0.25) is 0 Å². The molecule has 0 aliphatic heterocycles. The Morgan fingerprint density at radius 1 is 0.829 bits per heavy atom. The maximum atomic E-state index is 6.58. The van der Waals surface area contributed by atoms with Gasteiger partial charge < -0.3 is 8.98 Å². The van der Waals surface area contributed by atoms with E-state index in [9.17, 15) is 0 Å². The fraction of sp³-hybridized carbons (Fsp3) is 0.0312. The van der Waals surface area contributed by atoms with E-state index in [-0.39, 0.29) is 0 Å². The zero-order valence-electron chi connectivity index (χ0n) is 19.5. The maximum absolute atomic E-state index is 6.58. The summed E-state index contributed by atoms with van der Waals surface area (Å²) in [6, 6.07) is 29.7. The highest BCUT2D eigenvalue weighted by atomic mass is 16.3. The first kappa shape index (κ1) is 20.9. The van der Waals surface area contributed by atoms with Gasteiger partial charge in [-0.05, 0) is 55.1 Å². The fourth-order valence-electron chi connectivity index (χ4n) is 5.05. The molecule has 3 nitrogen and oxygen atoms in total. The van der Waals surface area contributed by atoms with Crippen LogP contribution in [0.2, 0.25) is 0 Å². The van der Waals surface area contributed by atoms with Crippen LogP contribution >= 0.6 is 0 Å². The van der Waals surface area contributed by atoms with E-state index in [1.54, 1.807) is 6.20 Å². The molecule has 0 radical (unpaired) electrons. The molecule has 0 N–H and O–H groups in total. The Bertz CT molecular complexity index is 1770. The molecule has 2 aromatic heterocycles. The van der Waals surface area contributed by atoms with E-state index in [1.165, 1.54) is 21.8 Å². The molecule has 0 saturated carbocycles. The molecule has 0 bridgehead atoms. The Kier molecular flexibility index (Phi) is 5.16. The molecule has 3 heteroatoms. The maximum Gasteiger partial charge on any atom is 0.159 e. The molecular weight excluding hydrogens is 428 g/mol. The third-order valence-corrected chi connectivity index (χ3v) is 6.45. The first-order valence-corrected chi connectivity index (χ1v) is 11.7. The molecule has 35 heavy (non-hydrogen) atoms. The third kappa shape index (κ3) is 3.32. The zero-order chi connectivity index (χ0) is 23.8. The van der Waals surface area contributed by atoms with Crippen LogP contribution < -0.4 is 0 Å². The van der Waals surface area contributed by atoms with E-state index in [4.69, 9.17) is 4.42 Å². The Labute approximate surface area is 203 Å². The van der Waals surface area contributed by atoms with E-state index < -0.39 is 0 Å². The number of aromatic nitrogens is 1. The number of rotatable bonds is 5. The number of aliphatic imine (C=N–C) groups is 1. The lowest BCUT2D eigenvalue weighted by Gasteiger charge is -2.08. The highest BCUT2D eigenvalue weighted by molar-refractivity contribution is 6.15. The van der Waals surface area contributed by atoms with Gasteiger partial charge >= 0.3 is 0 Å². The van der Waals surface area contributed by atoms with Gasteiger partial charge in [0.1, 0.15) is 5.58 Å². The second-order valence-electron chi connectivity index (χ2n) is 8.45. The largest absolute Gasteiger partial charge is 0.454 e. The van der Waals surface area contributed by atoms with Crippen molar-refractivity contribution in [3.63, 3.8) is 0 Å². The normalized spacial score (nSPS) is 12.8. The van der Waals surface area contributed by atoms with Gasteiger partial charge in [-0.1, -0.05) is 78.9 Å². The Balaban J connectivity index is 1.69.